The largest absolute Gasteiger partial charge is 0.481 e. The Labute approximate surface area is 123 Å². The average Bonchev–Trinajstić information content (AvgIpc) is 3.31. The fraction of sp³-hybridized carbons (Fsp3) is 0.500. The molecule has 5 nitrogen and oxygen atoms in total. The van der Waals surface area contributed by atoms with Crippen LogP contribution in [0, 0.1) is 5.92 Å². The van der Waals surface area contributed by atoms with Crippen LogP contribution in [0.5, 0.6) is 0 Å². The van der Waals surface area contributed by atoms with Gasteiger partial charge in [-0.05, 0) is 43.4 Å². The summed E-state index contributed by atoms with van der Waals surface area (Å²) in [5.41, 5.74) is 0.823. The lowest BCUT2D eigenvalue weighted by atomic mass is 9.96. The van der Waals surface area contributed by atoms with Crippen molar-refractivity contribution >= 4 is 17.6 Å². The van der Waals surface area contributed by atoms with Crippen LogP contribution in [0.15, 0.2) is 24.3 Å². The van der Waals surface area contributed by atoms with Gasteiger partial charge in [0.25, 0.3) is 0 Å². The Kier molecular flexibility index (Phi) is 3.68. The zero-order valence-electron chi connectivity index (χ0n) is 11.8. The van der Waals surface area contributed by atoms with Gasteiger partial charge in [0.1, 0.15) is 0 Å². The molecule has 1 amide bonds. The van der Waals surface area contributed by atoms with Crippen molar-refractivity contribution in [1.82, 2.24) is 0 Å². The maximum atomic E-state index is 12.1. The summed E-state index contributed by atoms with van der Waals surface area (Å²) in [7, 11) is 0. The molecule has 1 heterocycles. The molecule has 1 saturated heterocycles. The van der Waals surface area contributed by atoms with Crippen molar-refractivity contribution in [3.8, 4) is 0 Å². The molecule has 1 aliphatic heterocycles. The molecule has 1 aromatic rings. The molecule has 2 fully saturated rings. The molecule has 21 heavy (non-hydrogen) atoms. The van der Waals surface area contributed by atoms with Crippen molar-refractivity contribution in [3.05, 3.63) is 29.8 Å². The number of aliphatic carboxylic acids is 1. The molecule has 0 aromatic heterocycles. The van der Waals surface area contributed by atoms with Crippen LogP contribution in [0.1, 0.15) is 31.2 Å². The van der Waals surface area contributed by atoms with Crippen molar-refractivity contribution in [1.29, 1.82) is 0 Å². The first-order chi connectivity index (χ1) is 10.1. The Bertz CT molecular complexity index is 542. The summed E-state index contributed by atoms with van der Waals surface area (Å²) in [6, 6.07) is 7.15. The zero-order chi connectivity index (χ0) is 14.9. The molecule has 1 aromatic carbocycles. The number of carboxylic acid groups (broad SMARTS) is 1. The molecule has 3 rings (SSSR count). The number of hydrogen-bond donors (Lipinski definition) is 2. The maximum absolute atomic E-state index is 12.1. The van der Waals surface area contributed by atoms with E-state index in [4.69, 9.17) is 4.74 Å². The van der Waals surface area contributed by atoms with Crippen molar-refractivity contribution in [3.63, 3.8) is 0 Å². The van der Waals surface area contributed by atoms with Gasteiger partial charge in [0.05, 0.1) is 17.9 Å². The summed E-state index contributed by atoms with van der Waals surface area (Å²) in [4.78, 5) is 23.4. The van der Waals surface area contributed by atoms with E-state index in [1.165, 1.54) is 0 Å². The molecule has 1 atom stereocenters. The molecule has 112 valence electrons. The second-order valence-electron chi connectivity index (χ2n) is 5.87. The zero-order valence-corrected chi connectivity index (χ0v) is 11.8. The summed E-state index contributed by atoms with van der Waals surface area (Å²) in [5.74, 6) is -0.882. The molecule has 2 aliphatic rings. The fourth-order valence-corrected chi connectivity index (χ4v) is 2.82. The Balaban J connectivity index is 1.65. The second-order valence-corrected chi connectivity index (χ2v) is 5.87. The van der Waals surface area contributed by atoms with Gasteiger partial charge in [-0.2, -0.15) is 0 Å². The SMILES string of the molecule is O=C(Nc1ccc(C2(C(=O)O)CC2)cc1)C1CCCOC1. The molecule has 1 saturated carbocycles. The number of nitrogens with one attached hydrogen (secondary N) is 1. The molecule has 0 radical (unpaired) electrons. The van der Waals surface area contributed by atoms with Gasteiger partial charge in [0, 0.05) is 12.3 Å². The third-order valence-electron chi connectivity index (χ3n) is 4.40. The quantitative estimate of drug-likeness (QED) is 0.890. The van der Waals surface area contributed by atoms with Gasteiger partial charge in [0.15, 0.2) is 0 Å². The van der Waals surface area contributed by atoms with Crippen LogP contribution in [-0.2, 0) is 19.7 Å². The lowest BCUT2D eigenvalue weighted by Crippen LogP contribution is -2.30. The number of amides is 1. The van der Waals surface area contributed by atoms with Crippen LogP contribution < -0.4 is 5.32 Å². The van der Waals surface area contributed by atoms with E-state index in [0.717, 1.165) is 25.0 Å². The molecule has 0 bridgehead atoms. The van der Waals surface area contributed by atoms with E-state index < -0.39 is 11.4 Å². The summed E-state index contributed by atoms with van der Waals surface area (Å²) < 4.78 is 5.31. The third-order valence-corrected chi connectivity index (χ3v) is 4.40. The van der Waals surface area contributed by atoms with Gasteiger partial charge in [-0.3, -0.25) is 9.59 Å². The minimum absolute atomic E-state index is 0.0261. The molecule has 0 spiro atoms. The van der Waals surface area contributed by atoms with Gasteiger partial charge >= 0.3 is 5.97 Å². The smallest absolute Gasteiger partial charge is 0.314 e. The van der Waals surface area contributed by atoms with E-state index in [1.54, 1.807) is 24.3 Å². The maximum Gasteiger partial charge on any atom is 0.314 e. The number of rotatable bonds is 4. The van der Waals surface area contributed by atoms with E-state index in [-0.39, 0.29) is 11.8 Å². The van der Waals surface area contributed by atoms with Crippen molar-refractivity contribution in [2.24, 2.45) is 5.92 Å². The number of carboxylic acids is 1. The number of benzene rings is 1. The molecular weight excluding hydrogens is 270 g/mol. The molecule has 1 unspecified atom stereocenters. The number of hydrogen-bond acceptors (Lipinski definition) is 3. The van der Waals surface area contributed by atoms with Crippen molar-refractivity contribution in [2.75, 3.05) is 18.5 Å². The average molecular weight is 289 g/mol. The van der Waals surface area contributed by atoms with Crippen molar-refractivity contribution < 1.29 is 19.4 Å². The molecule has 1 aliphatic carbocycles. The van der Waals surface area contributed by atoms with Gasteiger partial charge in [-0.15, -0.1) is 0 Å². The van der Waals surface area contributed by atoms with Gasteiger partial charge in [-0.1, -0.05) is 12.1 Å². The first kappa shape index (κ1) is 14.1. The lowest BCUT2D eigenvalue weighted by molar-refractivity contribution is -0.140. The Morgan fingerprint density at radius 2 is 1.95 bits per heavy atom. The topological polar surface area (TPSA) is 75.6 Å². The minimum atomic E-state index is -0.765. The summed E-state index contributed by atoms with van der Waals surface area (Å²) in [5, 5.41) is 12.1. The predicted molar refractivity (Wildman–Crippen MR) is 77.2 cm³/mol. The Hall–Kier alpha value is -1.88. The minimum Gasteiger partial charge on any atom is -0.481 e. The molecular formula is C16H19NO4. The second kappa shape index (κ2) is 5.48. The summed E-state index contributed by atoms with van der Waals surface area (Å²) in [6.45, 7) is 1.21. The number of carbonyl (C=O) groups is 2. The highest BCUT2D eigenvalue weighted by molar-refractivity contribution is 5.93. The number of ether oxygens (including phenoxy) is 1. The van der Waals surface area contributed by atoms with Gasteiger partial charge < -0.3 is 15.2 Å². The molecule has 5 heteroatoms. The highest BCUT2D eigenvalue weighted by Gasteiger charge is 2.51. The normalized spacial score (nSPS) is 23.3. The van der Waals surface area contributed by atoms with Gasteiger partial charge in [-0.25, -0.2) is 0 Å². The van der Waals surface area contributed by atoms with Crippen LogP contribution in [0.2, 0.25) is 0 Å². The van der Waals surface area contributed by atoms with Crippen LogP contribution in [0.3, 0.4) is 0 Å². The van der Waals surface area contributed by atoms with Gasteiger partial charge in [0.2, 0.25) is 5.91 Å². The van der Waals surface area contributed by atoms with E-state index in [0.29, 0.717) is 25.1 Å². The van der Waals surface area contributed by atoms with Crippen molar-refractivity contribution in [2.45, 2.75) is 31.1 Å². The summed E-state index contributed by atoms with van der Waals surface area (Å²) in [6.07, 6.45) is 3.14. The third kappa shape index (κ3) is 2.78. The number of carbonyl (C=O) groups excluding carboxylic acids is 1. The first-order valence-electron chi connectivity index (χ1n) is 7.34. The Morgan fingerprint density at radius 3 is 2.48 bits per heavy atom. The highest BCUT2D eigenvalue weighted by atomic mass is 16.5. The highest BCUT2D eigenvalue weighted by Crippen LogP contribution is 2.48. The lowest BCUT2D eigenvalue weighted by Gasteiger charge is -2.21. The fourth-order valence-electron chi connectivity index (χ4n) is 2.82. The summed E-state index contributed by atoms with van der Waals surface area (Å²) >= 11 is 0. The first-order valence-corrected chi connectivity index (χ1v) is 7.34. The standard InChI is InChI=1S/C16H19NO4/c18-14(11-2-1-9-21-10-11)17-13-5-3-12(4-6-13)16(7-8-16)15(19)20/h3-6,11H,1-2,7-10H2,(H,17,18)(H,19,20). The predicted octanol–water partition coefficient (Wildman–Crippen LogP) is 2.17. The van der Waals surface area contributed by atoms with E-state index >= 15 is 0 Å². The van der Waals surface area contributed by atoms with Crippen LogP contribution in [-0.4, -0.2) is 30.2 Å². The van der Waals surface area contributed by atoms with Crippen LogP contribution >= 0.6 is 0 Å². The Morgan fingerprint density at radius 1 is 1.24 bits per heavy atom. The van der Waals surface area contributed by atoms with E-state index in [1.807, 2.05) is 0 Å². The van der Waals surface area contributed by atoms with Crippen LogP contribution in [0.25, 0.3) is 0 Å². The molecule has 2 N–H and O–H groups in total. The van der Waals surface area contributed by atoms with E-state index in [9.17, 15) is 14.7 Å². The number of anilines is 1. The monoisotopic (exact) mass is 289 g/mol. The van der Waals surface area contributed by atoms with Crippen LogP contribution in [0.4, 0.5) is 5.69 Å². The van der Waals surface area contributed by atoms with E-state index in [2.05, 4.69) is 5.32 Å².